The molecule has 0 radical (unpaired) electrons. The highest BCUT2D eigenvalue weighted by molar-refractivity contribution is 6.09. The van der Waals surface area contributed by atoms with Crippen LogP contribution < -0.4 is 10.6 Å². The molecule has 0 saturated carbocycles. The van der Waals surface area contributed by atoms with Gasteiger partial charge in [-0.1, -0.05) is 30.3 Å². The largest absolute Gasteiger partial charge is 0.379 e. The maximum atomic E-state index is 12.7. The van der Waals surface area contributed by atoms with Crippen LogP contribution in [0.25, 0.3) is 10.9 Å². The first-order valence-electron chi connectivity index (χ1n) is 11.9. The molecule has 0 unspecified atom stereocenters. The molecule has 2 N–H and O–H groups in total. The van der Waals surface area contributed by atoms with Gasteiger partial charge in [0, 0.05) is 54.6 Å². The van der Waals surface area contributed by atoms with Crippen LogP contribution in [0.15, 0.2) is 73.1 Å². The van der Waals surface area contributed by atoms with Crippen LogP contribution in [-0.2, 0) is 4.74 Å². The molecule has 0 atom stereocenters. The molecule has 2 aromatic heterocycles. The van der Waals surface area contributed by atoms with Gasteiger partial charge in [-0.05, 0) is 30.3 Å². The molecule has 180 valence electrons. The molecule has 0 spiro atoms. The predicted molar refractivity (Wildman–Crippen MR) is 140 cm³/mol. The van der Waals surface area contributed by atoms with Crippen molar-refractivity contribution < 1.29 is 9.53 Å². The van der Waals surface area contributed by atoms with Gasteiger partial charge in [0.05, 0.1) is 36.2 Å². The number of aromatic nitrogens is 2. The van der Waals surface area contributed by atoms with Crippen LogP contribution in [0.1, 0.15) is 21.5 Å². The summed E-state index contributed by atoms with van der Waals surface area (Å²) in [7, 11) is 0. The highest BCUT2D eigenvalue weighted by Gasteiger charge is 2.13. The van der Waals surface area contributed by atoms with Crippen molar-refractivity contribution in [3.8, 4) is 6.07 Å². The van der Waals surface area contributed by atoms with Gasteiger partial charge in [-0.25, -0.2) is 4.98 Å². The van der Waals surface area contributed by atoms with Gasteiger partial charge in [0.15, 0.2) is 5.78 Å². The van der Waals surface area contributed by atoms with E-state index in [0.29, 0.717) is 27.9 Å². The lowest BCUT2D eigenvalue weighted by molar-refractivity contribution is 0.0398. The standard InChI is InChI=1S/C28H26N6O2/c29-17-22-18-31-25-19-32-26(30-10-11-34-12-14-36-15-13-34)16-24(25)27(22)33-23-8-6-21(7-9-23)28(35)20-4-2-1-3-5-20/h1-9,16,18-19H,10-15H2,(H,30,32)(H,31,33). The van der Waals surface area contributed by atoms with Crippen LogP contribution in [0.2, 0.25) is 0 Å². The lowest BCUT2D eigenvalue weighted by atomic mass is 10.0. The first-order chi connectivity index (χ1) is 17.7. The fourth-order valence-corrected chi connectivity index (χ4v) is 4.18. The van der Waals surface area contributed by atoms with Gasteiger partial charge in [0.25, 0.3) is 0 Å². The summed E-state index contributed by atoms with van der Waals surface area (Å²) in [5.74, 6) is 0.688. The van der Waals surface area contributed by atoms with E-state index >= 15 is 0 Å². The highest BCUT2D eigenvalue weighted by Crippen LogP contribution is 2.30. The molecule has 1 fully saturated rings. The molecule has 8 nitrogen and oxygen atoms in total. The van der Waals surface area contributed by atoms with Crippen molar-refractivity contribution in [2.75, 3.05) is 50.0 Å². The molecule has 1 saturated heterocycles. The first-order valence-corrected chi connectivity index (χ1v) is 11.9. The summed E-state index contributed by atoms with van der Waals surface area (Å²) in [6.07, 6.45) is 3.26. The van der Waals surface area contributed by atoms with Crippen molar-refractivity contribution in [2.45, 2.75) is 0 Å². The number of fused-ring (bicyclic) bond motifs is 1. The molecule has 1 aliphatic rings. The number of ether oxygens (including phenoxy) is 1. The number of ketones is 1. The molecule has 0 amide bonds. The Kier molecular flexibility index (Phi) is 7.12. The number of morpholine rings is 1. The monoisotopic (exact) mass is 478 g/mol. The number of hydrogen-bond acceptors (Lipinski definition) is 8. The van der Waals surface area contributed by atoms with Gasteiger partial charge in [-0.3, -0.25) is 14.7 Å². The SMILES string of the molecule is N#Cc1cnc2cnc(NCCN3CCOCC3)cc2c1Nc1ccc(C(=O)c2ccccc2)cc1. The summed E-state index contributed by atoms with van der Waals surface area (Å²) < 4.78 is 5.40. The Hall–Kier alpha value is -4.32. The average Bonchev–Trinajstić information content (AvgIpc) is 2.94. The summed E-state index contributed by atoms with van der Waals surface area (Å²) in [5, 5.41) is 17.3. The van der Waals surface area contributed by atoms with Gasteiger partial charge in [0.2, 0.25) is 0 Å². The fraction of sp³-hybridized carbons (Fsp3) is 0.214. The summed E-state index contributed by atoms with van der Waals surface area (Å²) in [5.41, 5.74) is 3.78. The Balaban J connectivity index is 1.35. The zero-order valence-corrected chi connectivity index (χ0v) is 19.8. The van der Waals surface area contributed by atoms with Crippen molar-refractivity contribution >= 4 is 33.9 Å². The van der Waals surface area contributed by atoms with E-state index in [0.717, 1.165) is 56.3 Å². The molecule has 5 rings (SSSR count). The Morgan fingerprint density at radius 1 is 1.00 bits per heavy atom. The maximum Gasteiger partial charge on any atom is 0.193 e. The third kappa shape index (κ3) is 5.33. The predicted octanol–water partition coefficient (Wildman–Crippen LogP) is 4.22. The van der Waals surface area contributed by atoms with Gasteiger partial charge < -0.3 is 15.4 Å². The minimum atomic E-state index is -0.0342. The Bertz CT molecular complexity index is 1390. The topological polar surface area (TPSA) is 103 Å². The van der Waals surface area contributed by atoms with Crippen LogP contribution >= 0.6 is 0 Å². The first kappa shape index (κ1) is 23.4. The minimum Gasteiger partial charge on any atom is -0.379 e. The van der Waals surface area contributed by atoms with Crippen molar-refractivity contribution in [3.05, 3.63) is 89.7 Å². The van der Waals surface area contributed by atoms with Gasteiger partial charge in [-0.15, -0.1) is 0 Å². The second-order valence-corrected chi connectivity index (χ2v) is 8.52. The average molecular weight is 479 g/mol. The molecule has 1 aliphatic heterocycles. The van der Waals surface area contributed by atoms with E-state index < -0.39 is 0 Å². The van der Waals surface area contributed by atoms with Crippen LogP contribution in [0.4, 0.5) is 17.2 Å². The Morgan fingerprint density at radius 2 is 1.75 bits per heavy atom. The second kappa shape index (κ2) is 11.0. The molecule has 0 bridgehead atoms. The van der Waals surface area contributed by atoms with Crippen molar-refractivity contribution in [1.29, 1.82) is 5.26 Å². The molecular formula is C28H26N6O2. The van der Waals surface area contributed by atoms with Crippen molar-refractivity contribution in [2.24, 2.45) is 0 Å². The van der Waals surface area contributed by atoms with Crippen LogP contribution in [0, 0.1) is 11.3 Å². The molecule has 4 aromatic rings. The summed E-state index contributed by atoms with van der Waals surface area (Å²) >= 11 is 0. The van der Waals surface area contributed by atoms with Gasteiger partial charge >= 0.3 is 0 Å². The quantitative estimate of drug-likeness (QED) is 0.363. The number of nitrogens with one attached hydrogen (secondary N) is 2. The number of anilines is 3. The summed E-state index contributed by atoms with van der Waals surface area (Å²) in [6.45, 7) is 5.07. The molecule has 2 aromatic carbocycles. The minimum absolute atomic E-state index is 0.0342. The summed E-state index contributed by atoms with van der Waals surface area (Å²) in [6, 6.07) is 20.6. The third-order valence-corrected chi connectivity index (χ3v) is 6.17. The number of rotatable bonds is 8. The number of nitrogens with zero attached hydrogens (tertiary/aromatic N) is 4. The number of benzene rings is 2. The zero-order valence-electron chi connectivity index (χ0n) is 19.8. The Morgan fingerprint density at radius 3 is 2.50 bits per heavy atom. The van der Waals surface area contributed by atoms with E-state index in [4.69, 9.17) is 4.74 Å². The number of nitriles is 1. The van der Waals surface area contributed by atoms with E-state index in [1.165, 1.54) is 0 Å². The number of carbonyl (C=O) groups excluding carboxylic acids is 1. The van der Waals surface area contributed by atoms with Crippen molar-refractivity contribution in [1.82, 2.24) is 14.9 Å². The van der Waals surface area contributed by atoms with Gasteiger partial charge in [0.1, 0.15) is 11.9 Å². The lowest BCUT2D eigenvalue weighted by Crippen LogP contribution is -2.39. The van der Waals surface area contributed by atoms with E-state index in [9.17, 15) is 10.1 Å². The Labute approximate surface area is 209 Å². The molecule has 3 heterocycles. The third-order valence-electron chi connectivity index (χ3n) is 6.17. The normalized spacial score (nSPS) is 13.8. The van der Waals surface area contributed by atoms with Crippen LogP contribution in [0.5, 0.6) is 0 Å². The lowest BCUT2D eigenvalue weighted by Gasteiger charge is -2.26. The van der Waals surface area contributed by atoms with E-state index in [2.05, 4.69) is 31.6 Å². The van der Waals surface area contributed by atoms with E-state index in [1.807, 2.05) is 36.4 Å². The van der Waals surface area contributed by atoms with Crippen LogP contribution in [0.3, 0.4) is 0 Å². The number of carbonyl (C=O) groups is 1. The molecule has 8 heteroatoms. The summed E-state index contributed by atoms with van der Waals surface area (Å²) in [4.78, 5) is 24.0. The van der Waals surface area contributed by atoms with Crippen LogP contribution in [-0.4, -0.2) is 60.0 Å². The molecule has 36 heavy (non-hydrogen) atoms. The molecule has 0 aliphatic carbocycles. The van der Waals surface area contributed by atoms with Gasteiger partial charge in [-0.2, -0.15) is 5.26 Å². The van der Waals surface area contributed by atoms with E-state index in [-0.39, 0.29) is 5.78 Å². The second-order valence-electron chi connectivity index (χ2n) is 8.52. The zero-order chi connectivity index (χ0) is 24.7. The number of pyridine rings is 2. The highest BCUT2D eigenvalue weighted by atomic mass is 16.5. The maximum absolute atomic E-state index is 12.7. The van der Waals surface area contributed by atoms with Crippen molar-refractivity contribution in [3.63, 3.8) is 0 Å². The fourth-order valence-electron chi connectivity index (χ4n) is 4.18. The number of hydrogen-bond donors (Lipinski definition) is 2. The smallest absolute Gasteiger partial charge is 0.193 e. The van der Waals surface area contributed by atoms with E-state index in [1.54, 1.807) is 36.7 Å². The molecular weight excluding hydrogens is 452 g/mol.